The van der Waals surface area contributed by atoms with E-state index in [4.69, 9.17) is 18.6 Å². The molecule has 1 amide bonds. The van der Waals surface area contributed by atoms with Crippen LogP contribution in [0.1, 0.15) is 25.8 Å². The Morgan fingerprint density at radius 3 is 2.47 bits per heavy atom. The quantitative estimate of drug-likeness (QED) is 0.527. The maximum atomic E-state index is 12.2. The van der Waals surface area contributed by atoms with Gasteiger partial charge < -0.3 is 23.9 Å². The Balaban J connectivity index is 2.14. The van der Waals surface area contributed by atoms with Crippen LogP contribution < -0.4 is 19.5 Å². The largest absolute Gasteiger partial charge is 0.497 e. The number of methoxy groups -OCH3 is 3. The van der Waals surface area contributed by atoms with Crippen LogP contribution >= 0.6 is 0 Å². The van der Waals surface area contributed by atoms with Gasteiger partial charge in [0.15, 0.2) is 0 Å². The smallest absolute Gasteiger partial charge is 0.244 e. The number of fused-ring (bicyclic) bond motifs is 1. The molecular weight excluding hydrogens is 382 g/mol. The fourth-order valence-corrected chi connectivity index (χ4v) is 3.34. The highest BCUT2D eigenvalue weighted by atomic mass is 16.5. The first-order valence-corrected chi connectivity index (χ1v) is 9.80. The number of rotatable bonds is 8. The lowest BCUT2D eigenvalue weighted by atomic mass is 9.98. The van der Waals surface area contributed by atoms with Crippen LogP contribution in [0.4, 0.5) is 0 Å². The molecule has 0 aliphatic heterocycles. The lowest BCUT2D eigenvalue weighted by Crippen LogP contribution is -2.21. The molecule has 6 nitrogen and oxygen atoms in total. The zero-order valence-electron chi connectivity index (χ0n) is 18.0. The molecule has 30 heavy (non-hydrogen) atoms. The van der Waals surface area contributed by atoms with Crippen LogP contribution in [-0.4, -0.2) is 33.8 Å². The SMILES string of the molecule is CCCNC(=O)/C=C(\C)c1cc2c(-c3cc(OC)ccc3OC)coc2cc1OC. The van der Waals surface area contributed by atoms with E-state index in [-0.39, 0.29) is 5.91 Å². The highest BCUT2D eigenvalue weighted by Gasteiger charge is 2.17. The van der Waals surface area contributed by atoms with E-state index in [9.17, 15) is 4.79 Å². The normalized spacial score (nSPS) is 11.4. The van der Waals surface area contributed by atoms with Crippen LogP contribution in [-0.2, 0) is 4.79 Å². The summed E-state index contributed by atoms with van der Waals surface area (Å²) in [5.41, 5.74) is 4.02. The second-order valence-corrected chi connectivity index (χ2v) is 6.88. The van der Waals surface area contributed by atoms with Gasteiger partial charge in [0.05, 0.1) is 27.6 Å². The summed E-state index contributed by atoms with van der Waals surface area (Å²) in [7, 11) is 4.85. The summed E-state index contributed by atoms with van der Waals surface area (Å²) in [5, 5.41) is 3.75. The van der Waals surface area contributed by atoms with Crippen LogP contribution in [0.5, 0.6) is 17.2 Å². The van der Waals surface area contributed by atoms with E-state index in [1.54, 1.807) is 33.7 Å². The topological polar surface area (TPSA) is 69.9 Å². The number of furan rings is 1. The third-order valence-electron chi connectivity index (χ3n) is 4.91. The Kier molecular flexibility index (Phi) is 6.67. The average molecular weight is 409 g/mol. The molecule has 0 spiro atoms. The van der Waals surface area contributed by atoms with Crippen molar-refractivity contribution in [1.29, 1.82) is 0 Å². The highest BCUT2D eigenvalue weighted by molar-refractivity contribution is 6.01. The van der Waals surface area contributed by atoms with E-state index < -0.39 is 0 Å². The average Bonchev–Trinajstić information content (AvgIpc) is 3.18. The van der Waals surface area contributed by atoms with Gasteiger partial charge in [-0.25, -0.2) is 0 Å². The van der Waals surface area contributed by atoms with Gasteiger partial charge in [-0.05, 0) is 43.2 Å². The van der Waals surface area contributed by atoms with Crippen LogP contribution in [0.25, 0.3) is 27.7 Å². The van der Waals surface area contributed by atoms with Crippen molar-refractivity contribution < 1.29 is 23.4 Å². The number of nitrogens with one attached hydrogen (secondary N) is 1. The maximum Gasteiger partial charge on any atom is 0.244 e. The molecule has 0 unspecified atom stereocenters. The van der Waals surface area contributed by atoms with E-state index in [0.29, 0.717) is 23.6 Å². The van der Waals surface area contributed by atoms with Crippen molar-refractivity contribution in [3.05, 3.63) is 48.2 Å². The molecule has 0 saturated carbocycles. The summed E-state index contributed by atoms with van der Waals surface area (Å²) in [5.74, 6) is 1.94. The first kappa shape index (κ1) is 21.3. The number of benzene rings is 2. The third-order valence-corrected chi connectivity index (χ3v) is 4.91. The van der Waals surface area contributed by atoms with E-state index in [2.05, 4.69) is 5.32 Å². The molecule has 3 aromatic rings. The molecule has 0 aliphatic carbocycles. The first-order chi connectivity index (χ1) is 14.5. The van der Waals surface area contributed by atoms with Gasteiger partial charge in [-0.1, -0.05) is 6.92 Å². The zero-order chi connectivity index (χ0) is 21.7. The predicted octanol–water partition coefficient (Wildman–Crippen LogP) is 5.06. The van der Waals surface area contributed by atoms with Gasteiger partial charge in [0, 0.05) is 40.8 Å². The van der Waals surface area contributed by atoms with E-state index in [1.165, 1.54) is 0 Å². The van der Waals surface area contributed by atoms with Crippen molar-refractivity contribution in [2.24, 2.45) is 0 Å². The standard InChI is InChI=1S/C24H27NO5/c1-6-9-25-24(26)10-15(2)17-12-19-20(14-30-23(19)13-22(17)29-5)18-11-16(27-3)7-8-21(18)28-4/h7-8,10-14H,6,9H2,1-5H3,(H,25,26)/b15-10+. The Morgan fingerprint density at radius 1 is 1.03 bits per heavy atom. The fraction of sp³-hybridized carbons (Fsp3) is 0.292. The predicted molar refractivity (Wildman–Crippen MR) is 118 cm³/mol. The summed E-state index contributed by atoms with van der Waals surface area (Å²) >= 11 is 0. The summed E-state index contributed by atoms with van der Waals surface area (Å²) in [6.45, 7) is 4.54. The van der Waals surface area contributed by atoms with Crippen molar-refractivity contribution in [3.8, 4) is 28.4 Å². The highest BCUT2D eigenvalue weighted by Crippen LogP contribution is 2.41. The molecule has 0 bridgehead atoms. The van der Waals surface area contributed by atoms with Gasteiger partial charge in [0.2, 0.25) is 5.91 Å². The van der Waals surface area contributed by atoms with Gasteiger partial charge in [0.25, 0.3) is 0 Å². The van der Waals surface area contributed by atoms with Crippen molar-refractivity contribution in [3.63, 3.8) is 0 Å². The van der Waals surface area contributed by atoms with E-state index in [1.807, 2.05) is 44.2 Å². The summed E-state index contributed by atoms with van der Waals surface area (Å²) in [6.07, 6.45) is 4.16. The minimum Gasteiger partial charge on any atom is -0.497 e. The molecule has 1 aromatic heterocycles. The number of ether oxygens (including phenoxy) is 3. The van der Waals surface area contributed by atoms with Gasteiger partial charge >= 0.3 is 0 Å². The summed E-state index contributed by atoms with van der Waals surface area (Å²) in [6, 6.07) is 9.43. The van der Waals surface area contributed by atoms with Crippen LogP contribution in [0.2, 0.25) is 0 Å². The molecule has 0 aliphatic rings. The lowest BCUT2D eigenvalue weighted by molar-refractivity contribution is -0.116. The molecule has 3 rings (SSSR count). The Hall–Kier alpha value is -3.41. The second-order valence-electron chi connectivity index (χ2n) is 6.88. The molecule has 0 saturated heterocycles. The van der Waals surface area contributed by atoms with Crippen molar-refractivity contribution in [2.75, 3.05) is 27.9 Å². The number of carbonyl (C=O) groups excluding carboxylic acids is 1. The van der Waals surface area contributed by atoms with Crippen LogP contribution in [0.15, 0.2) is 47.1 Å². The number of carbonyl (C=O) groups is 1. The maximum absolute atomic E-state index is 12.2. The summed E-state index contributed by atoms with van der Waals surface area (Å²) in [4.78, 5) is 12.2. The molecule has 158 valence electrons. The Morgan fingerprint density at radius 2 is 1.80 bits per heavy atom. The number of allylic oxidation sites excluding steroid dienone is 1. The van der Waals surface area contributed by atoms with Gasteiger partial charge in [0.1, 0.15) is 22.8 Å². The molecule has 2 aromatic carbocycles. The van der Waals surface area contributed by atoms with Crippen molar-refractivity contribution in [1.82, 2.24) is 5.32 Å². The van der Waals surface area contributed by atoms with Gasteiger partial charge in [-0.15, -0.1) is 0 Å². The van der Waals surface area contributed by atoms with Crippen LogP contribution in [0.3, 0.4) is 0 Å². The molecule has 0 radical (unpaired) electrons. The third kappa shape index (κ3) is 4.27. The zero-order valence-corrected chi connectivity index (χ0v) is 18.0. The van der Waals surface area contributed by atoms with Crippen molar-refractivity contribution >= 4 is 22.4 Å². The summed E-state index contributed by atoms with van der Waals surface area (Å²) < 4.78 is 22.3. The second kappa shape index (κ2) is 9.39. The Labute approximate surface area is 176 Å². The van der Waals surface area contributed by atoms with E-state index >= 15 is 0 Å². The molecule has 0 fully saturated rings. The Bertz CT molecular complexity index is 1080. The first-order valence-electron chi connectivity index (χ1n) is 9.80. The molecule has 6 heteroatoms. The molecule has 1 N–H and O–H groups in total. The molecular formula is C24H27NO5. The van der Waals surface area contributed by atoms with Crippen LogP contribution in [0, 0.1) is 0 Å². The number of hydrogen-bond acceptors (Lipinski definition) is 5. The molecule has 0 atom stereocenters. The lowest BCUT2D eigenvalue weighted by Gasteiger charge is -2.12. The van der Waals surface area contributed by atoms with E-state index in [0.717, 1.165) is 39.8 Å². The fourth-order valence-electron chi connectivity index (χ4n) is 3.34. The van der Waals surface area contributed by atoms with Gasteiger partial charge in [-0.2, -0.15) is 0 Å². The minimum absolute atomic E-state index is 0.126. The number of amides is 1. The minimum atomic E-state index is -0.126. The molecule has 1 heterocycles. The number of hydrogen-bond donors (Lipinski definition) is 1. The van der Waals surface area contributed by atoms with Gasteiger partial charge in [-0.3, -0.25) is 4.79 Å². The monoisotopic (exact) mass is 409 g/mol. The van der Waals surface area contributed by atoms with Crippen molar-refractivity contribution in [2.45, 2.75) is 20.3 Å².